The summed E-state index contributed by atoms with van der Waals surface area (Å²) in [7, 11) is 1.89. The number of benzene rings is 2. The monoisotopic (exact) mass is 462 g/mol. The van der Waals surface area contributed by atoms with Gasteiger partial charge >= 0.3 is 0 Å². The van der Waals surface area contributed by atoms with E-state index < -0.39 is 0 Å². The van der Waals surface area contributed by atoms with E-state index in [-0.39, 0.29) is 11.6 Å². The second kappa shape index (κ2) is 8.21. The number of nitrogens with zero attached hydrogens (tertiary/aromatic N) is 5. The van der Waals surface area contributed by atoms with E-state index in [9.17, 15) is 4.79 Å². The van der Waals surface area contributed by atoms with Crippen molar-refractivity contribution >= 4 is 27.6 Å². The molecule has 3 N–H and O–H groups in total. The van der Waals surface area contributed by atoms with Gasteiger partial charge < -0.3 is 15.3 Å². The summed E-state index contributed by atoms with van der Waals surface area (Å²) in [5, 5.41) is 8.61. The van der Waals surface area contributed by atoms with Gasteiger partial charge in [0.2, 0.25) is 0 Å². The first-order valence-electron chi connectivity index (χ1n) is 11.2. The molecule has 0 spiro atoms. The summed E-state index contributed by atoms with van der Waals surface area (Å²) in [6.07, 6.45) is 7.19. The van der Waals surface area contributed by atoms with Crippen LogP contribution in [0.2, 0.25) is 0 Å². The third kappa shape index (κ3) is 3.72. The molecular weight excluding hydrogens is 440 g/mol. The smallest absolute Gasteiger partial charge is 0.261 e. The Kier molecular flexibility index (Phi) is 4.88. The normalized spacial score (nSPS) is 12.3. The number of para-hydroxylation sites is 1. The predicted molar refractivity (Wildman–Crippen MR) is 136 cm³/mol. The highest BCUT2D eigenvalue weighted by Gasteiger charge is 2.20. The van der Waals surface area contributed by atoms with Gasteiger partial charge in [0.1, 0.15) is 17.2 Å². The van der Waals surface area contributed by atoms with Crippen molar-refractivity contribution in [1.82, 2.24) is 34.7 Å². The number of fused-ring (bicyclic) bond motifs is 2. The fourth-order valence-corrected chi connectivity index (χ4v) is 4.31. The standard InChI is InChI=1S/C26H22N8O/c1-15(24-27-10-5-11-28-24)30-23-18-6-3-4-7-19(18)33-26(35)22(23)25-31-20-9-8-16(12-21(20)32-25)17-13-29-34(2)14-17/h3-15H,1-2H3,(H,31,32)(H2,30,33,35). The molecule has 0 radical (unpaired) electrons. The maximum atomic E-state index is 13.3. The van der Waals surface area contributed by atoms with E-state index in [4.69, 9.17) is 4.98 Å². The van der Waals surface area contributed by atoms with Crippen LogP contribution < -0.4 is 10.9 Å². The highest BCUT2D eigenvalue weighted by Crippen LogP contribution is 2.33. The third-order valence-electron chi connectivity index (χ3n) is 6.01. The first-order chi connectivity index (χ1) is 17.1. The molecule has 4 aromatic heterocycles. The molecule has 0 saturated heterocycles. The van der Waals surface area contributed by atoms with Crippen molar-refractivity contribution in [2.75, 3.05) is 5.32 Å². The van der Waals surface area contributed by atoms with Crippen LogP contribution in [-0.4, -0.2) is 34.7 Å². The Morgan fingerprint density at radius 3 is 2.60 bits per heavy atom. The fraction of sp³-hybridized carbons (Fsp3) is 0.115. The Morgan fingerprint density at radius 1 is 0.971 bits per heavy atom. The Morgan fingerprint density at radius 2 is 1.80 bits per heavy atom. The van der Waals surface area contributed by atoms with Gasteiger partial charge in [-0.25, -0.2) is 15.0 Å². The summed E-state index contributed by atoms with van der Waals surface area (Å²) >= 11 is 0. The molecule has 35 heavy (non-hydrogen) atoms. The third-order valence-corrected chi connectivity index (χ3v) is 6.01. The minimum absolute atomic E-state index is 0.235. The van der Waals surface area contributed by atoms with Crippen LogP contribution in [0.25, 0.3) is 44.5 Å². The zero-order chi connectivity index (χ0) is 23.9. The second-order valence-corrected chi connectivity index (χ2v) is 8.44. The Bertz CT molecular complexity index is 1730. The molecule has 4 heterocycles. The number of imidazole rings is 1. The molecule has 0 aliphatic carbocycles. The number of pyridine rings is 1. The van der Waals surface area contributed by atoms with Gasteiger partial charge in [-0.15, -0.1) is 0 Å². The first-order valence-corrected chi connectivity index (χ1v) is 11.2. The van der Waals surface area contributed by atoms with Crippen molar-refractivity contribution < 1.29 is 0 Å². The Hall–Kier alpha value is -4.79. The van der Waals surface area contributed by atoms with Crippen LogP contribution in [-0.2, 0) is 7.05 Å². The van der Waals surface area contributed by atoms with Crippen molar-refractivity contribution in [3.63, 3.8) is 0 Å². The highest BCUT2D eigenvalue weighted by molar-refractivity contribution is 5.99. The fourth-order valence-electron chi connectivity index (χ4n) is 4.31. The molecule has 1 atom stereocenters. The molecule has 0 aliphatic heterocycles. The van der Waals surface area contributed by atoms with E-state index in [0.717, 1.165) is 33.1 Å². The van der Waals surface area contributed by atoms with Crippen LogP contribution in [0.5, 0.6) is 0 Å². The molecular formula is C26H22N8O. The number of rotatable bonds is 5. The van der Waals surface area contributed by atoms with Crippen LogP contribution in [0.15, 0.2) is 78.1 Å². The van der Waals surface area contributed by atoms with Gasteiger partial charge in [-0.3, -0.25) is 9.48 Å². The summed E-state index contributed by atoms with van der Waals surface area (Å²) < 4.78 is 1.77. The molecule has 1 unspecified atom stereocenters. The van der Waals surface area contributed by atoms with E-state index in [0.29, 0.717) is 22.9 Å². The molecule has 0 bridgehead atoms. The summed E-state index contributed by atoms with van der Waals surface area (Å²) in [6.45, 7) is 1.97. The Labute approximate surface area is 199 Å². The van der Waals surface area contributed by atoms with E-state index in [1.165, 1.54) is 0 Å². The molecule has 6 rings (SSSR count). The van der Waals surface area contributed by atoms with Gasteiger partial charge in [0, 0.05) is 36.6 Å². The topological polar surface area (TPSA) is 117 Å². The lowest BCUT2D eigenvalue weighted by molar-refractivity contribution is 0.768. The van der Waals surface area contributed by atoms with Crippen LogP contribution in [0.1, 0.15) is 18.8 Å². The molecule has 9 nitrogen and oxygen atoms in total. The number of nitrogens with one attached hydrogen (secondary N) is 3. The summed E-state index contributed by atoms with van der Waals surface area (Å²) in [4.78, 5) is 33.2. The molecule has 0 aliphatic rings. The summed E-state index contributed by atoms with van der Waals surface area (Å²) in [6, 6.07) is 15.2. The number of H-pyrrole nitrogens is 2. The lowest BCUT2D eigenvalue weighted by Crippen LogP contribution is -2.17. The quantitative estimate of drug-likeness (QED) is 0.349. The first kappa shape index (κ1) is 20.8. The van der Waals surface area contributed by atoms with Crippen LogP contribution in [0.4, 0.5) is 5.69 Å². The molecule has 172 valence electrons. The van der Waals surface area contributed by atoms with E-state index in [2.05, 4.69) is 30.4 Å². The molecule has 0 amide bonds. The SMILES string of the molecule is CC(Nc1c(-c2nc3ccc(-c4cnn(C)c4)cc3[nH]2)c(=O)[nH]c2ccccc12)c1ncccn1. The van der Waals surface area contributed by atoms with E-state index in [1.54, 1.807) is 23.1 Å². The van der Waals surface area contributed by atoms with Crippen LogP contribution in [0.3, 0.4) is 0 Å². The number of hydrogen-bond acceptors (Lipinski definition) is 6. The predicted octanol–water partition coefficient (Wildman–Crippen LogP) is 4.44. The highest BCUT2D eigenvalue weighted by atomic mass is 16.1. The molecule has 9 heteroatoms. The number of aromatic nitrogens is 7. The Balaban J connectivity index is 1.51. The lowest BCUT2D eigenvalue weighted by Gasteiger charge is -2.18. The van der Waals surface area contributed by atoms with Crippen molar-refractivity contribution in [3.8, 4) is 22.5 Å². The molecule has 2 aromatic carbocycles. The average Bonchev–Trinajstić information content (AvgIpc) is 3.50. The molecule has 0 fully saturated rings. The minimum atomic E-state index is -0.237. The van der Waals surface area contributed by atoms with Gasteiger partial charge in [0.05, 0.1) is 34.5 Å². The zero-order valence-electron chi connectivity index (χ0n) is 19.1. The molecule has 0 saturated carbocycles. The largest absolute Gasteiger partial charge is 0.374 e. The second-order valence-electron chi connectivity index (χ2n) is 8.44. The maximum absolute atomic E-state index is 13.3. The van der Waals surface area contributed by atoms with Crippen molar-refractivity contribution in [3.05, 3.63) is 89.5 Å². The molecule has 6 aromatic rings. The summed E-state index contributed by atoms with van der Waals surface area (Å²) in [5.41, 5.74) is 5.24. The number of hydrogen-bond donors (Lipinski definition) is 3. The maximum Gasteiger partial charge on any atom is 0.261 e. The van der Waals surface area contributed by atoms with E-state index in [1.807, 2.05) is 68.8 Å². The minimum Gasteiger partial charge on any atom is -0.374 e. The van der Waals surface area contributed by atoms with Gasteiger partial charge in [-0.2, -0.15) is 5.10 Å². The summed E-state index contributed by atoms with van der Waals surface area (Å²) in [5.74, 6) is 1.12. The van der Waals surface area contributed by atoms with Crippen molar-refractivity contribution in [1.29, 1.82) is 0 Å². The lowest BCUT2D eigenvalue weighted by atomic mass is 10.1. The number of aryl methyl sites for hydroxylation is 1. The van der Waals surface area contributed by atoms with Gasteiger partial charge in [-0.1, -0.05) is 24.3 Å². The van der Waals surface area contributed by atoms with Gasteiger partial charge in [0.15, 0.2) is 0 Å². The van der Waals surface area contributed by atoms with Gasteiger partial charge in [0.25, 0.3) is 5.56 Å². The number of anilines is 1. The number of aromatic amines is 2. The van der Waals surface area contributed by atoms with Gasteiger partial charge in [-0.05, 0) is 36.8 Å². The van der Waals surface area contributed by atoms with Crippen LogP contribution >= 0.6 is 0 Å². The van der Waals surface area contributed by atoms with E-state index >= 15 is 0 Å². The zero-order valence-corrected chi connectivity index (χ0v) is 19.1. The average molecular weight is 463 g/mol. The van der Waals surface area contributed by atoms with Crippen LogP contribution in [0, 0.1) is 0 Å². The van der Waals surface area contributed by atoms with Crippen molar-refractivity contribution in [2.24, 2.45) is 7.05 Å². The van der Waals surface area contributed by atoms with Crippen molar-refractivity contribution in [2.45, 2.75) is 13.0 Å².